The number of hydrogen-bond donors (Lipinski definition) is 1. The molecule has 0 saturated carbocycles. The number of nitro groups is 1. The third-order valence-corrected chi connectivity index (χ3v) is 3.77. The maximum Gasteiger partial charge on any atom is 0.305 e. The van der Waals surface area contributed by atoms with Crippen molar-refractivity contribution in [1.29, 1.82) is 0 Å². The number of nitrogens with zero attached hydrogens (tertiary/aromatic N) is 4. The van der Waals surface area contributed by atoms with E-state index >= 15 is 0 Å². The Morgan fingerprint density at radius 1 is 1.53 bits per heavy atom. The molecule has 1 saturated heterocycles. The quantitative estimate of drug-likeness (QED) is 0.651. The van der Waals surface area contributed by atoms with Gasteiger partial charge < -0.3 is 10.6 Å². The molecule has 2 unspecified atom stereocenters. The van der Waals surface area contributed by atoms with Crippen molar-refractivity contribution in [3.63, 3.8) is 0 Å². The summed E-state index contributed by atoms with van der Waals surface area (Å²) in [6.07, 6.45) is 5.79. The lowest BCUT2D eigenvalue weighted by Gasteiger charge is -2.38. The van der Waals surface area contributed by atoms with Crippen molar-refractivity contribution in [2.75, 3.05) is 18.0 Å². The second-order valence-electron chi connectivity index (χ2n) is 4.88. The van der Waals surface area contributed by atoms with Gasteiger partial charge in [-0.2, -0.15) is 0 Å². The molecule has 104 valence electrons. The van der Waals surface area contributed by atoms with E-state index in [1.807, 2.05) is 0 Å². The van der Waals surface area contributed by atoms with Crippen molar-refractivity contribution in [3.8, 4) is 0 Å². The van der Waals surface area contributed by atoms with Gasteiger partial charge in [0, 0.05) is 19.1 Å². The van der Waals surface area contributed by atoms with Crippen molar-refractivity contribution in [3.05, 3.63) is 22.5 Å². The highest BCUT2D eigenvalue weighted by Crippen LogP contribution is 2.27. The summed E-state index contributed by atoms with van der Waals surface area (Å²) in [6, 6.07) is 0.222. The lowest BCUT2D eigenvalue weighted by molar-refractivity contribution is -0.385. The Morgan fingerprint density at radius 2 is 2.21 bits per heavy atom. The first-order valence-corrected chi connectivity index (χ1v) is 6.58. The van der Waals surface area contributed by atoms with Crippen molar-refractivity contribution in [2.24, 2.45) is 11.7 Å². The van der Waals surface area contributed by atoms with Crippen LogP contribution in [0.1, 0.15) is 26.2 Å². The Kier molecular flexibility index (Phi) is 4.26. The van der Waals surface area contributed by atoms with E-state index in [9.17, 15) is 10.1 Å². The molecule has 2 heterocycles. The van der Waals surface area contributed by atoms with E-state index in [2.05, 4.69) is 21.8 Å². The third-order valence-electron chi connectivity index (χ3n) is 3.77. The summed E-state index contributed by atoms with van der Waals surface area (Å²) < 4.78 is 0. The average molecular weight is 265 g/mol. The molecule has 1 aliphatic rings. The Hall–Kier alpha value is -1.76. The van der Waals surface area contributed by atoms with Gasteiger partial charge in [0.1, 0.15) is 12.4 Å². The third kappa shape index (κ3) is 2.98. The van der Waals surface area contributed by atoms with E-state index in [0.29, 0.717) is 18.4 Å². The standard InChI is InChI=1S/C12H19N5O2/c1-2-9-3-4-16(10(5-9)6-13)12-14-7-11(8-15-12)17(18)19/h7-10H,2-6,13H2,1H3. The summed E-state index contributed by atoms with van der Waals surface area (Å²) in [5.74, 6) is 1.23. The van der Waals surface area contributed by atoms with Crippen LogP contribution in [0.4, 0.5) is 11.6 Å². The van der Waals surface area contributed by atoms with E-state index in [1.54, 1.807) is 0 Å². The highest BCUT2D eigenvalue weighted by atomic mass is 16.6. The largest absolute Gasteiger partial charge is 0.337 e. The minimum Gasteiger partial charge on any atom is -0.337 e. The monoisotopic (exact) mass is 265 g/mol. The van der Waals surface area contributed by atoms with Gasteiger partial charge in [-0.05, 0) is 18.8 Å². The highest BCUT2D eigenvalue weighted by Gasteiger charge is 2.28. The normalized spacial score (nSPS) is 23.4. The van der Waals surface area contributed by atoms with Gasteiger partial charge in [0.2, 0.25) is 5.95 Å². The number of piperidine rings is 1. The molecule has 0 aromatic carbocycles. The van der Waals surface area contributed by atoms with Crippen molar-refractivity contribution in [2.45, 2.75) is 32.2 Å². The number of anilines is 1. The number of rotatable bonds is 4. The van der Waals surface area contributed by atoms with Gasteiger partial charge in [-0.25, -0.2) is 9.97 Å². The Bertz CT molecular complexity index is 436. The summed E-state index contributed by atoms with van der Waals surface area (Å²) >= 11 is 0. The maximum atomic E-state index is 10.6. The van der Waals surface area contributed by atoms with Gasteiger partial charge in [-0.1, -0.05) is 13.3 Å². The van der Waals surface area contributed by atoms with Crippen LogP contribution in [0.5, 0.6) is 0 Å². The van der Waals surface area contributed by atoms with Crippen LogP contribution >= 0.6 is 0 Å². The Morgan fingerprint density at radius 3 is 2.74 bits per heavy atom. The van der Waals surface area contributed by atoms with Crippen LogP contribution in [0.2, 0.25) is 0 Å². The molecular formula is C12H19N5O2. The van der Waals surface area contributed by atoms with E-state index in [0.717, 1.165) is 25.8 Å². The fraction of sp³-hybridized carbons (Fsp3) is 0.667. The summed E-state index contributed by atoms with van der Waals surface area (Å²) in [7, 11) is 0. The molecular weight excluding hydrogens is 246 g/mol. The molecule has 0 radical (unpaired) electrons. The Labute approximate surface area is 112 Å². The first-order chi connectivity index (χ1) is 9.15. The molecule has 0 spiro atoms. The lowest BCUT2D eigenvalue weighted by Crippen LogP contribution is -2.47. The van der Waals surface area contributed by atoms with Gasteiger partial charge in [0.25, 0.3) is 0 Å². The predicted octanol–water partition coefficient (Wildman–Crippen LogP) is 1.34. The van der Waals surface area contributed by atoms with E-state index in [4.69, 9.17) is 5.73 Å². The Balaban J connectivity index is 2.13. The van der Waals surface area contributed by atoms with Gasteiger partial charge in [-0.3, -0.25) is 10.1 Å². The molecule has 1 aliphatic heterocycles. The van der Waals surface area contributed by atoms with Gasteiger partial charge in [0.15, 0.2) is 0 Å². The zero-order valence-corrected chi connectivity index (χ0v) is 11.0. The first-order valence-electron chi connectivity index (χ1n) is 6.58. The molecule has 0 amide bonds. The SMILES string of the molecule is CCC1CCN(c2ncc([N+](=O)[O-])cn2)C(CN)C1. The predicted molar refractivity (Wildman–Crippen MR) is 71.9 cm³/mol. The molecule has 7 heteroatoms. The second kappa shape index (κ2) is 5.92. The highest BCUT2D eigenvalue weighted by molar-refractivity contribution is 5.36. The minimum absolute atomic E-state index is 0.0866. The van der Waals surface area contributed by atoms with Crippen LogP contribution in [-0.4, -0.2) is 34.0 Å². The van der Waals surface area contributed by atoms with E-state index < -0.39 is 4.92 Å². The smallest absolute Gasteiger partial charge is 0.305 e. The number of nitrogens with two attached hydrogens (primary N) is 1. The fourth-order valence-electron chi connectivity index (χ4n) is 2.55. The average Bonchev–Trinajstić information content (AvgIpc) is 2.46. The minimum atomic E-state index is -0.493. The van der Waals surface area contributed by atoms with Gasteiger partial charge in [-0.15, -0.1) is 0 Å². The topological polar surface area (TPSA) is 98.2 Å². The molecule has 19 heavy (non-hydrogen) atoms. The van der Waals surface area contributed by atoms with Crippen LogP contribution in [0.3, 0.4) is 0 Å². The molecule has 1 fully saturated rings. The lowest BCUT2D eigenvalue weighted by atomic mass is 9.89. The van der Waals surface area contributed by atoms with Crippen molar-refractivity contribution >= 4 is 11.6 Å². The van der Waals surface area contributed by atoms with Crippen LogP contribution in [-0.2, 0) is 0 Å². The molecule has 2 atom stereocenters. The van der Waals surface area contributed by atoms with Crippen molar-refractivity contribution < 1.29 is 4.92 Å². The molecule has 1 aromatic heterocycles. The maximum absolute atomic E-state index is 10.6. The zero-order valence-electron chi connectivity index (χ0n) is 11.0. The molecule has 2 N–H and O–H groups in total. The van der Waals surface area contributed by atoms with Crippen molar-refractivity contribution in [1.82, 2.24) is 9.97 Å². The van der Waals surface area contributed by atoms with E-state index in [1.165, 1.54) is 12.4 Å². The van der Waals surface area contributed by atoms with Crippen LogP contribution in [0, 0.1) is 16.0 Å². The molecule has 2 rings (SSSR count). The fourth-order valence-corrected chi connectivity index (χ4v) is 2.55. The molecule has 0 bridgehead atoms. The number of aromatic nitrogens is 2. The summed E-state index contributed by atoms with van der Waals surface area (Å²) in [5.41, 5.74) is 5.73. The second-order valence-corrected chi connectivity index (χ2v) is 4.88. The molecule has 0 aliphatic carbocycles. The number of hydrogen-bond acceptors (Lipinski definition) is 6. The summed E-state index contributed by atoms with van der Waals surface area (Å²) in [6.45, 7) is 3.60. The first kappa shape index (κ1) is 13.7. The summed E-state index contributed by atoms with van der Waals surface area (Å²) in [4.78, 5) is 20.3. The van der Waals surface area contributed by atoms with Crippen LogP contribution in [0.25, 0.3) is 0 Å². The van der Waals surface area contributed by atoms with Gasteiger partial charge in [0.05, 0.1) is 4.92 Å². The summed E-state index contributed by atoms with van der Waals surface area (Å²) in [5, 5.41) is 10.6. The zero-order chi connectivity index (χ0) is 13.8. The van der Waals surface area contributed by atoms with E-state index in [-0.39, 0.29) is 11.7 Å². The van der Waals surface area contributed by atoms with Crippen LogP contribution < -0.4 is 10.6 Å². The van der Waals surface area contributed by atoms with Gasteiger partial charge >= 0.3 is 5.69 Å². The molecule has 1 aromatic rings. The van der Waals surface area contributed by atoms with Crippen LogP contribution in [0.15, 0.2) is 12.4 Å². The molecule has 7 nitrogen and oxygen atoms in total.